The first-order valence-corrected chi connectivity index (χ1v) is 7.42. The van der Waals surface area contributed by atoms with Crippen molar-refractivity contribution in [2.75, 3.05) is 6.54 Å². The van der Waals surface area contributed by atoms with Crippen molar-refractivity contribution in [3.8, 4) is 11.3 Å². The van der Waals surface area contributed by atoms with E-state index in [1.807, 2.05) is 49.4 Å². The lowest BCUT2D eigenvalue weighted by atomic mass is 9.97. The molecule has 0 aliphatic heterocycles. The number of nitrogens with one attached hydrogen (secondary N) is 1. The van der Waals surface area contributed by atoms with E-state index in [1.54, 1.807) is 13.1 Å². The SMILES string of the molecule is CCC(=O)CNC(=O)C(C)c1cccc(-c2ccccn2)c1. The van der Waals surface area contributed by atoms with E-state index >= 15 is 0 Å². The number of carbonyl (C=O) groups is 2. The Kier molecular flexibility index (Phi) is 5.42. The van der Waals surface area contributed by atoms with Crippen molar-refractivity contribution in [1.29, 1.82) is 0 Å². The van der Waals surface area contributed by atoms with Crippen molar-refractivity contribution in [2.24, 2.45) is 0 Å². The van der Waals surface area contributed by atoms with Crippen molar-refractivity contribution in [3.05, 3.63) is 54.2 Å². The number of amides is 1. The zero-order valence-electron chi connectivity index (χ0n) is 12.9. The van der Waals surface area contributed by atoms with E-state index in [9.17, 15) is 9.59 Å². The average molecular weight is 296 g/mol. The van der Waals surface area contributed by atoms with Crippen LogP contribution in [-0.2, 0) is 9.59 Å². The van der Waals surface area contributed by atoms with Gasteiger partial charge in [-0.3, -0.25) is 14.6 Å². The number of hydrogen-bond donors (Lipinski definition) is 1. The molecule has 1 amide bonds. The van der Waals surface area contributed by atoms with E-state index in [0.717, 1.165) is 16.8 Å². The van der Waals surface area contributed by atoms with Gasteiger partial charge in [-0.05, 0) is 30.7 Å². The monoisotopic (exact) mass is 296 g/mol. The smallest absolute Gasteiger partial charge is 0.227 e. The number of hydrogen-bond acceptors (Lipinski definition) is 3. The summed E-state index contributed by atoms with van der Waals surface area (Å²) < 4.78 is 0. The molecule has 2 rings (SSSR count). The number of rotatable bonds is 6. The van der Waals surface area contributed by atoms with Gasteiger partial charge in [0.25, 0.3) is 0 Å². The molecule has 2 aromatic rings. The van der Waals surface area contributed by atoms with Gasteiger partial charge in [0.2, 0.25) is 5.91 Å². The Morgan fingerprint density at radius 3 is 2.68 bits per heavy atom. The van der Waals surface area contributed by atoms with Crippen molar-refractivity contribution >= 4 is 11.7 Å². The molecule has 1 atom stereocenters. The minimum absolute atomic E-state index is 0.0304. The summed E-state index contributed by atoms with van der Waals surface area (Å²) in [5, 5.41) is 2.69. The van der Waals surface area contributed by atoms with Crippen molar-refractivity contribution in [3.63, 3.8) is 0 Å². The molecule has 1 heterocycles. The molecule has 0 aliphatic carbocycles. The highest BCUT2D eigenvalue weighted by Crippen LogP contribution is 2.22. The summed E-state index contributed by atoms with van der Waals surface area (Å²) in [6.45, 7) is 3.72. The zero-order chi connectivity index (χ0) is 15.9. The molecule has 0 saturated heterocycles. The van der Waals surface area contributed by atoms with Gasteiger partial charge in [-0.1, -0.05) is 31.2 Å². The van der Waals surface area contributed by atoms with Gasteiger partial charge in [-0.15, -0.1) is 0 Å². The Labute approximate surface area is 130 Å². The number of carbonyl (C=O) groups excluding carboxylic acids is 2. The lowest BCUT2D eigenvalue weighted by Gasteiger charge is -2.13. The van der Waals surface area contributed by atoms with Crippen molar-refractivity contribution in [2.45, 2.75) is 26.2 Å². The maximum atomic E-state index is 12.1. The normalized spacial score (nSPS) is 11.7. The van der Waals surface area contributed by atoms with Crippen LogP contribution in [0.5, 0.6) is 0 Å². The van der Waals surface area contributed by atoms with Crippen LogP contribution < -0.4 is 5.32 Å². The molecule has 0 bridgehead atoms. The highest BCUT2D eigenvalue weighted by Gasteiger charge is 2.16. The first-order chi connectivity index (χ1) is 10.6. The van der Waals surface area contributed by atoms with Gasteiger partial charge >= 0.3 is 0 Å². The van der Waals surface area contributed by atoms with Crippen LogP contribution >= 0.6 is 0 Å². The van der Waals surface area contributed by atoms with Gasteiger partial charge in [0.15, 0.2) is 5.78 Å². The van der Waals surface area contributed by atoms with Crippen LogP contribution in [-0.4, -0.2) is 23.2 Å². The first-order valence-electron chi connectivity index (χ1n) is 7.42. The third kappa shape index (κ3) is 4.01. The topological polar surface area (TPSA) is 59.1 Å². The molecule has 0 spiro atoms. The van der Waals surface area contributed by atoms with Crippen LogP contribution in [0.15, 0.2) is 48.7 Å². The van der Waals surface area contributed by atoms with Crippen molar-refractivity contribution < 1.29 is 9.59 Å². The Balaban J connectivity index is 2.12. The van der Waals surface area contributed by atoms with E-state index in [-0.39, 0.29) is 24.2 Å². The van der Waals surface area contributed by atoms with Gasteiger partial charge < -0.3 is 5.32 Å². The molecule has 4 nitrogen and oxygen atoms in total. The van der Waals surface area contributed by atoms with Crippen LogP contribution in [0.2, 0.25) is 0 Å². The maximum absolute atomic E-state index is 12.1. The average Bonchev–Trinajstić information content (AvgIpc) is 2.59. The Hall–Kier alpha value is -2.49. The molecule has 0 fully saturated rings. The lowest BCUT2D eigenvalue weighted by Crippen LogP contribution is -2.32. The molecule has 1 aromatic carbocycles. The Morgan fingerprint density at radius 2 is 2.00 bits per heavy atom. The Morgan fingerprint density at radius 1 is 1.18 bits per heavy atom. The quantitative estimate of drug-likeness (QED) is 0.891. The molecule has 0 radical (unpaired) electrons. The fourth-order valence-corrected chi connectivity index (χ4v) is 2.12. The molecule has 0 aliphatic rings. The molecular weight excluding hydrogens is 276 g/mol. The summed E-state index contributed by atoms with van der Waals surface area (Å²) in [5.74, 6) is -0.420. The fraction of sp³-hybridized carbons (Fsp3) is 0.278. The summed E-state index contributed by atoms with van der Waals surface area (Å²) in [5.41, 5.74) is 2.75. The molecule has 4 heteroatoms. The third-order valence-corrected chi connectivity index (χ3v) is 3.59. The second-order valence-electron chi connectivity index (χ2n) is 5.17. The van der Waals surface area contributed by atoms with Gasteiger partial charge in [0, 0.05) is 18.2 Å². The number of benzene rings is 1. The zero-order valence-corrected chi connectivity index (χ0v) is 12.9. The van der Waals surface area contributed by atoms with Crippen LogP contribution in [0, 0.1) is 0 Å². The highest BCUT2D eigenvalue weighted by atomic mass is 16.2. The van der Waals surface area contributed by atoms with Gasteiger partial charge in [0.1, 0.15) is 0 Å². The van der Waals surface area contributed by atoms with E-state index in [0.29, 0.717) is 6.42 Å². The van der Waals surface area contributed by atoms with Crippen molar-refractivity contribution in [1.82, 2.24) is 10.3 Å². The van der Waals surface area contributed by atoms with Crippen LogP contribution in [0.25, 0.3) is 11.3 Å². The predicted molar refractivity (Wildman–Crippen MR) is 86.4 cm³/mol. The van der Waals surface area contributed by atoms with Gasteiger partial charge in [0.05, 0.1) is 18.2 Å². The minimum Gasteiger partial charge on any atom is -0.349 e. The fourth-order valence-electron chi connectivity index (χ4n) is 2.12. The number of pyridine rings is 1. The first kappa shape index (κ1) is 15.9. The summed E-state index contributed by atoms with van der Waals surface area (Å²) in [4.78, 5) is 27.7. The number of nitrogens with zero attached hydrogens (tertiary/aromatic N) is 1. The molecule has 1 aromatic heterocycles. The summed E-state index contributed by atoms with van der Waals surface area (Å²) >= 11 is 0. The summed E-state index contributed by atoms with van der Waals surface area (Å²) in [6, 6.07) is 13.5. The number of ketones is 1. The van der Waals surface area contributed by atoms with Gasteiger partial charge in [-0.2, -0.15) is 0 Å². The van der Waals surface area contributed by atoms with E-state index in [2.05, 4.69) is 10.3 Å². The standard InChI is InChI=1S/C18H20N2O2/c1-3-16(21)12-20-18(22)13(2)14-7-6-8-15(11-14)17-9-4-5-10-19-17/h4-11,13H,3,12H2,1-2H3,(H,20,22). The molecule has 1 unspecified atom stereocenters. The van der Waals surface area contributed by atoms with Gasteiger partial charge in [-0.25, -0.2) is 0 Å². The van der Waals surface area contributed by atoms with E-state index < -0.39 is 0 Å². The van der Waals surface area contributed by atoms with E-state index in [4.69, 9.17) is 0 Å². The largest absolute Gasteiger partial charge is 0.349 e. The summed E-state index contributed by atoms with van der Waals surface area (Å²) in [6.07, 6.45) is 2.18. The van der Waals surface area contributed by atoms with Crippen LogP contribution in [0.3, 0.4) is 0 Å². The molecule has 1 N–H and O–H groups in total. The summed E-state index contributed by atoms with van der Waals surface area (Å²) in [7, 11) is 0. The number of Topliss-reactive ketones (excluding diaryl/α,β-unsaturated/α-hetero) is 1. The van der Waals surface area contributed by atoms with E-state index in [1.165, 1.54) is 0 Å². The minimum atomic E-state index is -0.312. The van der Waals surface area contributed by atoms with Crippen LogP contribution in [0.1, 0.15) is 31.7 Å². The Bertz CT molecular complexity index is 653. The maximum Gasteiger partial charge on any atom is 0.227 e. The molecule has 22 heavy (non-hydrogen) atoms. The number of aromatic nitrogens is 1. The second kappa shape index (κ2) is 7.50. The van der Waals surface area contributed by atoms with Crippen LogP contribution in [0.4, 0.5) is 0 Å². The molecule has 0 saturated carbocycles. The predicted octanol–water partition coefficient (Wildman–Crippen LogP) is 2.95. The highest BCUT2D eigenvalue weighted by molar-refractivity contribution is 5.89. The lowest BCUT2D eigenvalue weighted by molar-refractivity contribution is -0.125. The third-order valence-electron chi connectivity index (χ3n) is 3.59. The molecule has 114 valence electrons. The molecular formula is C18H20N2O2. The second-order valence-corrected chi connectivity index (χ2v) is 5.17.